The molecular weight excluding hydrogens is 411 g/mol. The summed E-state index contributed by atoms with van der Waals surface area (Å²) in [5, 5.41) is 0. The third kappa shape index (κ3) is 4.24. The van der Waals surface area contributed by atoms with Crippen LogP contribution in [0.1, 0.15) is 60.2 Å². The molecule has 0 bridgehead atoms. The number of ether oxygens (including phenoxy) is 1. The number of aromatic nitrogens is 2. The molecule has 2 amide bonds. The minimum absolute atomic E-state index is 0.0830. The number of carbonyl (C=O) groups excluding carboxylic acids is 2. The van der Waals surface area contributed by atoms with Crippen LogP contribution >= 0.6 is 0 Å². The second kappa shape index (κ2) is 8.94. The Bertz CT molecular complexity index is 1020. The van der Waals surface area contributed by atoms with Gasteiger partial charge in [0.25, 0.3) is 5.91 Å². The number of morpholine rings is 1. The molecule has 2 fully saturated rings. The van der Waals surface area contributed by atoms with Crippen molar-refractivity contribution in [2.75, 3.05) is 32.8 Å². The topological polar surface area (TPSA) is 75.6 Å². The van der Waals surface area contributed by atoms with Crippen LogP contribution in [0.4, 0.5) is 4.39 Å². The van der Waals surface area contributed by atoms with E-state index < -0.39 is 5.41 Å². The lowest BCUT2D eigenvalue weighted by atomic mass is 9.83. The van der Waals surface area contributed by atoms with Crippen LogP contribution in [0.3, 0.4) is 0 Å². The van der Waals surface area contributed by atoms with Crippen molar-refractivity contribution in [1.82, 2.24) is 19.8 Å². The van der Waals surface area contributed by atoms with Crippen LogP contribution in [-0.2, 0) is 14.9 Å². The second-order valence-electron chi connectivity index (χ2n) is 8.92. The molecule has 7 nitrogen and oxygen atoms in total. The lowest BCUT2D eigenvalue weighted by Crippen LogP contribution is -2.43. The first-order chi connectivity index (χ1) is 15.3. The standard InChI is InChI=1S/C24H29FN4O3/c1-16-19(22(30)28-10-12-32-13-11-28)15-26-21(27-16)20-8-5-9-29(20)23(31)24(2,3)17-6-4-7-18(25)14-17/h4,6-7,14-15,20H,5,8-13H2,1-3H3/t20-/m1/s1. The van der Waals surface area contributed by atoms with Crippen LogP contribution in [-0.4, -0.2) is 64.4 Å². The van der Waals surface area contributed by atoms with Crippen molar-refractivity contribution in [3.63, 3.8) is 0 Å². The van der Waals surface area contributed by atoms with E-state index in [1.54, 1.807) is 35.1 Å². The average molecular weight is 441 g/mol. The van der Waals surface area contributed by atoms with Crippen molar-refractivity contribution < 1.29 is 18.7 Å². The monoisotopic (exact) mass is 440 g/mol. The molecule has 0 radical (unpaired) electrons. The molecule has 0 N–H and O–H groups in total. The van der Waals surface area contributed by atoms with Gasteiger partial charge in [0.1, 0.15) is 5.82 Å². The van der Waals surface area contributed by atoms with Gasteiger partial charge in [-0.05, 0) is 51.3 Å². The van der Waals surface area contributed by atoms with Crippen molar-refractivity contribution in [1.29, 1.82) is 0 Å². The summed E-state index contributed by atoms with van der Waals surface area (Å²) in [6.45, 7) is 8.20. The molecule has 0 aliphatic carbocycles. The van der Waals surface area contributed by atoms with Crippen molar-refractivity contribution in [3.05, 3.63) is 58.9 Å². The van der Waals surface area contributed by atoms with Crippen LogP contribution in [0.2, 0.25) is 0 Å². The SMILES string of the molecule is Cc1nc([C@H]2CCCN2C(=O)C(C)(C)c2cccc(F)c2)ncc1C(=O)N1CCOCC1. The van der Waals surface area contributed by atoms with Gasteiger partial charge < -0.3 is 14.5 Å². The molecule has 3 heterocycles. The Morgan fingerprint density at radius 2 is 1.94 bits per heavy atom. The van der Waals surface area contributed by atoms with Gasteiger partial charge in [0.2, 0.25) is 5.91 Å². The number of aryl methyl sites for hydroxylation is 1. The highest BCUT2D eigenvalue weighted by molar-refractivity contribution is 5.95. The average Bonchev–Trinajstić information content (AvgIpc) is 3.28. The van der Waals surface area contributed by atoms with Gasteiger partial charge in [-0.2, -0.15) is 0 Å². The van der Waals surface area contributed by atoms with Gasteiger partial charge >= 0.3 is 0 Å². The van der Waals surface area contributed by atoms with Crippen molar-refractivity contribution in [3.8, 4) is 0 Å². The van der Waals surface area contributed by atoms with Gasteiger partial charge in [-0.25, -0.2) is 14.4 Å². The van der Waals surface area contributed by atoms with Crippen LogP contribution < -0.4 is 0 Å². The molecule has 8 heteroatoms. The fourth-order valence-electron chi connectivity index (χ4n) is 4.43. The number of carbonyl (C=O) groups is 2. The van der Waals surface area contributed by atoms with Crippen LogP contribution in [0.25, 0.3) is 0 Å². The summed E-state index contributed by atoms with van der Waals surface area (Å²) >= 11 is 0. The number of hydrogen-bond acceptors (Lipinski definition) is 5. The normalized spacial score (nSPS) is 19.3. The van der Waals surface area contributed by atoms with E-state index in [9.17, 15) is 14.0 Å². The van der Waals surface area contributed by atoms with Crippen LogP contribution in [0, 0.1) is 12.7 Å². The van der Waals surface area contributed by atoms with Crippen LogP contribution in [0.15, 0.2) is 30.5 Å². The molecule has 1 aromatic heterocycles. The highest BCUT2D eigenvalue weighted by atomic mass is 19.1. The maximum Gasteiger partial charge on any atom is 0.257 e. The molecule has 1 aromatic carbocycles. The van der Waals surface area contributed by atoms with Gasteiger partial charge in [0.15, 0.2) is 5.82 Å². The first-order valence-electron chi connectivity index (χ1n) is 11.1. The van der Waals surface area contributed by atoms with E-state index in [-0.39, 0.29) is 23.7 Å². The zero-order chi connectivity index (χ0) is 22.9. The lowest BCUT2D eigenvalue weighted by Gasteiger charge is -2.33. The Balaban J connectivity index is 1.56. The molecule has 2 aromatic rings. The highest BCUT2D eigenvalue weighted by Crippen LogP contribution is 2.36. The number of nitrogens with zero attached hydrogens (tertiary/aromatic N) is 4. The molecular formula is C24H29FN4O3. The zero-order valence-electron chi connectivity index (χ0n) is 18.8. The van der Waals surface area contributed by atoms with Crippen molar-refractivity contribution in [2.45, 2.75) is 45.1 Å². The molecule has 0 spiro atoms. The molecule has 0 saturated carbocycles. The summed E-state index contributed by atoms with van der Waals surface area (Å²) in [7, 11) is 0. The smallest absolute Gasteiger partial charge is 0.257 e. The number of likely N-dealkylation sites (tertiary alicyclic amines) is 1. The largest absolute Gasteiger partial charge is 0.378 e. The van der Waals surface area contributed by atoms with E-state index in [4.69, 9.17) is 4.74 Å². The maximum atomic E-state index is 13.8. The lowest BCUT2D eigenvalue weighted by molar-refractivity contribution is -0.137. The number of hydrogen-bond donors (Lipinski definition) is 0. The number of rotatable bonds is 4. The van der Waals surface area contributed by atoms with Gasteiger partial charge in [0.05, 0.1) is 35.9 Å². The fraction of sp³-hybridized carbons (Fsp3) is 0.500. The number of benzene rings is 1. The first kappa shape index (κ1) is 22.3. The molecule has 0 unspecified atom stereocenters. The summed E-state index contributed by atoms with van der Waals surface area (Å²) < 4.78 is 19.1. The molecule has 4 rings (SSSR count). The summed E-state index contributed by atoms with van der Waals surface area (Å²) in [5.41, 5.74) is 0.838. The molecule has 2 aliphatic rings. The van der Waals surface area contributed by atoms with E-state index in [1.807, 2.05) is 13.8 Å². The van der Waals surface area contributed by atoms with E-state index in [0.717, 1.165) is 12.8 Å². The minimum Gasteiger partial charge on any atom is -0.378 e. The Morgan fingerprint density at radius 3 is 2.62 bits per heavy atom. The van der Waals surface area contributed by atoms with E-state index in [0.29, 0.717) is 55.5 Å². The summed E-state index contributed by atoms with van der Waals surface area (Å²) in [5.74, 6) is 0.00649. The van der Waals surface area contributed by atoms with Gasteiger partial charge in [-0.15, -0.1) is 0 Å². The summed E-state index contributed by atoms with van der Waals surface area (Å²) in [6.07, 6.45) is 3.17. The Kier molecular flexibility index (Phi) is 6.24. The van der Waals surface area contributed by atoms with Gasteiger partial charge in [-0.3, -0.25) is 9.59 Å². The molecule has 2 saturated heterocycles. The number of halogens is 1. The summed E-state index contributed by atoms with van der Waals surface area (Å²) in [4.78, 5) is 39.0. The quantitative estimate of drug-likeness (QED) is 0.731. The van der Waals surface area contributed by atoms with Gasteiger partial charge in [-0.1, -0.05) is 12.1 Å². The first-order valence-corrected chi connectivity index (χ1v) is 11.1. The molecule has 1 atom stereocenters. The van der Waals surface area contributed by atoms with Crippen molar-refractivity contribution in [2.24, 2.45) is 0 Å². The molecule has 32 heavy (non-hydrogen) atoms. The Hall–Kier alpha value is -2.87. The van der Waals surface area contributed by atoms with E-state index >= 15 is 0 Å². The highest BCUT2D eigenvalue weighted by Gasteiger charge is 2.40. The fourth-order valence-corrected chi connectivity index (χ4v) is 4.43. The maximum absolute atomic E-state index is 13.8. The van der Waals surface area contributed by atoms with Crippen molar-refractivity contribution >= 4 is 11.8 Å². The van der Waals surface area contributed by atoms with E-state index in [1.165, 1.54) is 12.1 Å². The molecule has 170 valence electrons. The summed E-state index contributed by atoms with van der Waals surface area (Å²) in [6, 6.07) is 5.92. The third-order valence-electron chi connectivity index (χ3n) is 6.42. The van der Waals surface area contributed by atoms with Gasteiger partial charge in [0, 0.05) is 25.8 Å². The molecule has 2 aliphatic heterocycles. The predicted molar refractivity (Wildman–Crippen MR) is 117 cm³/mol. The van der Waals surface area contributed by atoms with Crippen LogP contribution in [0.5, 0.6) is 0 Å². The second-order valence-corrected chi connectivity index (χ2v) is 8.92. The number of amides is 2. The Labute approximate surface area is 187 Å². The third-order valence-corrected chi connectivity index (χ3v) is 6.42. The minimum atomic E-state index is -0.883. The predicted octanol–water partition coefficient (Wildman–Crippen LogP) is 3.04. The zero-order valence-corrected chi connectivity index (χ0v) is 18.8. The Morgan fingerprint density at radius 1 is 1.19 bits per heavy atom. The van der Waals surface area contributed by atoms with E-state index in [2.05, 4.69) is 9.97 Å².